The molecular weight excluding hydrogens is 525 g/mol. The van der Waals surface area contributed by atoms with E-state index in [1.807, 2.05) is 17.0 Å². The van der Waals surface area contributed by atoms with Gasteiger partial charge in [0.05, 0.1) is 23.7 Å². The highest BCUT2D eigenvalue weighted by atomic mass is 35.5. The summed E-state index contributed by atoms with van der Waals surface area (Å²) in [7, 11) is 0. The first-order valence-corrected chi connectivity index (χ1v) is 12.5. The van der Waals surface area contributed by atoms with E-state index in [0.29, 0.717) is 18.1 Å². The molecule has 2 aliphatic heterocycles. The van der Waals surface area contributed by atoms with Gasteiger partial charge in [0.25, 0.3) is 5.91 Å². The second kappa shape index (κ2) is 11.6. The second-order valence-electron chi connectivity index (χ2n) is 9.28. The number of hydrogen-bond donors (Lipinski definition) is 1. The number of amides is 3. The zero-order valence-electron chi connectivity index (χ0n) is 20.8. The lowest BCUT2D eigenvalue weighted by atomic mass is 10.1. The highest BCUT2D eigenvalue weighted by molar-refractivity contribution is 6.31. The highest BCUT2D eigenvalue weighted by Gasteiger charge is 2.35. The summed E-state index contributed by atoms with van der Waals surface area (Å²) in [5.41, 5.74) is -0.440. The molecule has 3 amide bonds. The van der Waals surface area contributed by atoms with Crippen molar-refractivity contribution in [3.05, 3.63) is 64.2 Å². The van der Waals surface area contributed by atoms with Crippen molar-refractivity contribution in [2.45, 2.75) is 25.7 Å². The Labute approximate surface area is 223 Å². The number of halogens is 4. The molecule has 1 atom stereocenters. The van der Waals surface area contributed by atoms with Gasteiger partial charge in [-0.3, -0.25) is 19.3 Å². The number of rotatable bonds is 2. The third-order valence-electron chi connectivity index (χ3n) is 6.66. The van der Waals surface area contributed by atoms with Crippen LogP contribution in [0.5, 0.6) is 5.75 Å². The second-order valence-corrected chi connectivity index (χ2v) is 9.69. The first-order valence-electron chi connectivity index (χ1n) is 12.2. The molecule has 0 unspecified atom stereocenters. The predicted octanol–water partition coefficient (Wildman–Crippen LogP) is 3.04. The van der Waals surface area contributed by atoms with Crippen LogP contribution in [0.3, 0.4) is 0 Å². The molecule has 1 N–H and O–H groups in total. The molecule has 0 saturated carbocycles. The molecule has 1 fully saturated rings. The van der Waals surface area contributed by atoms with E-state index in [4.69, 9.17) is 16.3 Å². The molecule has 204 valence electrons. The summed E-state index contributed by atoms with van der Waals surface area (Å²) >= 11 is 6.33. The third-order valence-corrected chi connectivity index (χ3v) is 7.02. The Balaban J connectivity index is 1.66. The molecule has 1 saturated heterocycles. The summed E-state index contributed by atoms with van der Waals surface area (Å²) in [6.45, 7) is 2.83. The minimum atomic E-state index is -4.64. The minimum absolute atomic E-state index is 0.0167. The zero-order valence-corrected chi connectivity index (χ0v) is 21.5. The van der Waals surface area contributed by atoms with E-state index in [1.54, 1.807) is 21.9 Å². The Morgan fingerprint density at radius 3 is 2.61 bits per heavy atom. The summed E-state index contributed by atoms with van der Waals surface area (Å²) in [4.78, 5) is 43.5. The van der Waals surface area contributed by atoms with Crippen LogP contribution in [-0.4, -0.2) is 84.3 Å². The molecule has 2 aliphatic rings. The van der Waals surface area contributed by atoms with Crippen molar-refractivity contribution in [1.29, 1.82) is 0 Å². The zero-order chi connectivity index (χ0) is 27.4. The number of nitrogens with one attached hydrogen (secondary N) is 1. The third kappa shape index (κ3) is 6.57. The maximum absolute atomic E-state index is 13.5. The molecule has 2 aromatic carbocycles. The van der Waals surface area contributed by atoms with Crippen LogP contribution in [0.15, 0.2) is 42.5 Å². The van der Waals surface area contributed by atoms with E-state index in [2.05, 4.69) is 5.32 Å². The van der Waals surface area contributed by atoms with Crippen molar-refractivity contribution in [3.63, 3.8) is 0 Å². The fraction of sp³-hybridized carbons (Fsp3) is 0.423. The van der Waals surface area contributed by atoms with E-state index in [-0.39, 0.29) is 62.5 Å². The van der Waals surface area contributed by atoms with Gasteiger partial charge in [0.1, 0.15) is 12.4 Å². The Morgan fingerprint density at radius 1 is 1.13 bits per heavy atom. The van der Waals surface area contributed by atoms with Gasteiger partial charge in [0.15, 0.2) is 0 Å². The largest absolute Gasteiger partial charge is 0.491 e. The molecule has 0 aliphatic carbocycles. The maximum Gasteiger partial charge on any atom is 0.416 e. The molecule has 0 spiro atoms. The summed E-state index contributed by atoms with van der Waals surface area (Å²) < 4.78 is 46.0. The number of piperazine rings is 1. The van der Waals surface area contributed by atoms with Crippen LogP contribution in [0.4, 0.5) is 13.2 Å². The van der Waals surface area contributed by atoms with E-state index in [0.717, 1.165) is 23.8 Å². The van der Waals surface area contributed by atoms with Gasteiger partial charge in [-0.05, 0) is 29.8 Å². The molecule has 8 nitrogen and oxygen atoms in total. The van der Waals surface area contributed by atoms with Gasteiger partial charge >= 0.3 is 6.18 Å². The van der Waals surface area contributed by atoms with Crippen molar-refractivity contribution in [3.8, 4) is 5.75 Å². The predicted molar refractivity (Wildman–Crippen MR) is 134 cm³/mol. The first-order chi connectivity index (χ1) is 18.0. The number of carbonyl (C=O) groups is 3. The van der Waals surface area contributed by atoms with Gasteiger partial charge in [0, 0.05) is 51.2 Å². The highest BCUT2D eigenvalue weighted by Crippen LogP contribution is 2.33. The van der Waals surface area contributed by atoms with Crippen molar-refractivity contribution < 1.29 is 32.3 Å². The van der Waals surface area contributed by atoms with Gasteiger partial charge in [-0.15, -0.1) is 0 Å². The average Bonchev–Trinajstić information content (AvgIpc) is 2.87. The number of carbonyl (C=O) groups excluding carboxylic acids is 3. The van der Waals surface area contributed by atoms with Crippen LogP contribution >= 0.6 is 11.6 Å². The molecule has 2 aromatic rings. The minimum Gasteiger partial charge on any atom is -0.491 e. The molecule has 0 aromatic heterocycles. The van der Waals surface area contributed by atoms with E-state index < -0.39 is 23.7 Å². The topological polar surface area (TPSA) is 82.2 Å². The van der Waals surface area contributed by atoms with Crippen LogP contribution in [-0.2, 0) is 22.3 Å². The standard InChI is InChI=1S/C26H28ClF3N4O4/c1-17(35)33-10-11-34-20(14-33)16-38-23-7-6-19(26(28,29)30)12-21(23)25(37)31-8-9-32(15-24(34)36)13-18-4-2-3-5-22(18)27/h2-7,12,20H,8-11,13-16H2,1H3,(H,31,37)/t20-/m0/s1. The normalized spacial score (nSPS) is 19.8. The molecule has 2 heterocycles. The van der Waals surface area contributed by atoms with Crippen molar-refractivity contribution in [2.75, 3.05) is 45.9 Å². The average molecular weight is 553 g/mol. The van der Waals surface area contributed by atoms with Crippen LogP contribution in [0.1, 0.15) is 28.4 Å². The lowest BCUT2D eigenvalue weighted by Gasteiger charge is -2.41. The monoisotopic (exact) mass is 552 g/mol. The number of alkyl halides is 3. The Morgan fingerprint density at radius 2 is 1.89 bits per heavy atom. The van der Waals surface area contributed by atoms with Gasteiger partial charge in [-0.1, -0.05) is 29.8 Å². The summed E-state index contributed by atoms with van der Waals surface area (Å²) in [5.74, 6) is -1.10. The molecular formula is C26H28ClF3N4O4. The fourth-order valence-electron chi connectivity index (χ4n) is 4.59. The van der Waals surface area contributed by atoms with Crippen LogP contribution < -0.4 is 10.1 Å². The van der Waals surface area contributed by atoms with Crippen molar-refractivity contribution in [2.24, 2.45) is 0 Å². The van der Waals surface area contributed by atoms with Crippen LogP contribution in [0.2, 0.25) is 5.02 Å². The van der Waals surface area contributed by atoms with E-state index >= 15 is 0 Å². The van der Waals surface area contributed by atoms with Crippen molar-refractivity contribution in [1.82, 2.24) is 20.0 Å². The number of nitrogens with zero attached hydrogens (tertiary/aromatic N) is 3. The Kier molecular flexibility index (Phi) is 8.47. The first kappa shape index (κ1) is 27.7. The quantitative estimate of drug-likeness (QED) is 0.619. The number of hydrogen-bond acceptors (Lipinski definition) is 5. The number of fused-ring (bicyclic) bond motifs is 2. The van der Waals surface area contributed by atoms with Gasteiger partial charge in [0.2, 0.25) is 11.8 Å². The van der Waals surface area contributed by atoms with E-state index in [1.165, 1.54) is 6.92 Å². The Bertz CT molecular complexity index is 1210. The number of benzene rings is 2. The van der Waals surface area contributed by atoms with Gasteiger partial charge < -0.3 is 19.9 Å². The fourth-order valence-corrected chi connectivity index (χ4v) is 4.79. The maximum atomic E-state index is 13.5. The van der Waals surface area contributed by atoms with Crippen LogP contribution in [0, 0.1) is 0 Å². The molecule has 0 radical (unpaired) electrons. The SMILES string of the molecule is CC(=O)N1CCN2C(=O)CN(Cc3ccccc3Cl)CCNC(=O)c3cc(C(F)(F)F)ccc3OC[C@@H]2C1. The number of ether oxygens (including phenoxy) is 1. The lowest BCUT2D eigenvalue weighted by Crippen LogP contribution is -2.59. The summed E-state index contributed by atoms with van der Waals surface area (Å²) in [5, 5.41) is 3.18. The Hall–Kier alpha value is -3.31. The summed E-state index contributed by atoms with van der Waals surface area (Å²) in [6.07, 6.45) is -4.64. The van der Waals surface area contributed by atoms with Gasteiger partial charge in [-0.2, -0.15) is 13.2 Å². The molecule has 12 heteroatoms. The smallest absolute Gasteiger partial charge is 0.416 e. The summed E-state index contributed by atoms with van der Waals surface area (Å²) in [6, 6.07) is 9.37. The molecule has 0 bridgehead atoms. The van der Waals surface area contributed by atoms with Crippen LogP contribution in [0.25, 0.3) is 0 Å². The molecule has 38 heavy (non-hydrogen) atoms. The van der Waals surface area contributed by atoms with E-state index in [9.17, 15) is 27.6 Å². The molecule has 4 rings (SSSR count). The van der Waals surface area contributed by atoms with Gasteiger partial charge in [-0.25, -0.2) is 0 Å². The van der Waals surface area contributed by atoms with Crippen molar-refractivity contribution >= 4 is 29.3 Å². The lowest BCUT2D eigenvalue weighted by molar-refractivity contribution is -0.143.